The molecule has 7 N–H and O–H groups in total. The van der Waals surface area contributed by atoms with E-state index in [2.05, 4.69) is 0 Å². The lowest BCUT2D eigenvalue weighted by atomic mass is 9.89. The van der Waals surface area contributed by atoms with E-state index in [0.29, 0.717) is 0 Å². The second-order valence-electron chi connectivity index (χ2n) is 7.98. The zero-order valence-electron chi connectivity index (χ0n) is 18.6. The molecule has 5 atom stereocenters. The number of phenolic OH excluding ortho intramolecular Hbond substituents is 3. The molecule has 1 aromatic heterocycles. The molecule has 12 nitrogen and oxygen atoms in total. The molecule has 4 rings (SSSR count). The molecule has 0 aliphatic carbocycles. The van der Waals surface area contributed by atoms with Gasteiger partial charge < -0.3 is 54.4 Å². The van der Waals surface area contributed by atoms with E-state index in [1.165, 1.54) is 26.4 Å². The number of aliphatic hydroxyl groups excluding tert-OH is 4. The van der Waals surface area contributed by atoms with E-state index in [1.807, 2.05) is 0 Å². The zero-order chi connectivity index (χ0) is 25.6. The first kappa shape index (κ1) is 24.6. The number of rotatable bonds is 5. The highest BCUT2D eigenvalue weighted by molar-refractivity contribution is 5.88. The Hall–Kier alpha value is -3.55. The average Bonchev–Trinajstić information content (AvgIpc) is 2.83. The number of methoxy groups -OCH3 is 2. The van der Waals surface area contributed by atoms with Crippen molar-refractivity contribution in [3.8, 4) is 40.1 Å². The largest absolute Gasteiger partial charge is 0.507 e. The molecule has 0 saturated carbocycles. The number of aliphatic hydroxyl groups is 4. The van der Waals surface area contributed by atoms with Gasteiger partial charge in [0.05, 0.1) is 26.4 Å². The normalized spacial score (nSPS) is 24.5. The summed E-state index contributed by atoms with van der Waals surface area (Å²) in [6.07, 6.45) is -8.10. The Morgan fingerprint density at radius 1 is 0.886 bits per heavy atom. The van der Waals surface area contributed by atoms with Gasteiger partial charge in [-0.15, -0.1) is 0 Å². The van der Waals surface area contributed by atoms with Gasteiger partial charge in [0.2, 0.25) is 5.75 Å². The number of phenols is 3. The maximum absolute atomic E-state index is 13.0. The van der Waals surface area contributed by atoms with Gasteiger partial charge >= 0.3 is 0 Å². The van der Waals surface area contributed by atoms with E-state index in [9.17, 15) is 40.5 Å². The number of hydrogen-bond donors (Lipinski definition) is 7. The average molecular weight is 492 g/mol. The molecule has 188 valence electrons. The molecule has 1 aliphatic rings. The molecule has 12 heteroatoms. The minimum absolute atomic E-state index is 0.00140. The lowest BCUT2D eigenvalue weighted by molar-refractivity contribution is -0.232. The fourth-order valence-corrected chi connectivity index (χ4v) is 4.10. The van der Waals surface area contributed by atoms with Crippen molar-refractivity contribution >= 4 is 11.0 Å². The Kier molecular flexibility index (Phi) is 6.49. The molecule has 0 bridgehead atoms. The number of benzene rings is 2. The number of ether oxygens (including phenoxy) is 3. The third-order valence-corrected chi connectivity index (χ3v) is 5.95. The first-order valence-electron chi connectivity index (χ1n) is 10.4. The predicted molar refractivity (Wildman–Crippen MR) is 119 cm³/mol. The van der Waals surface area contributed by atoms with Crippen molar-refractivity contribution in [1.29, 1.82) is 0 Å². The van der Waals surface area contributed by atoms with Crippen LogP contribution in [0.3, 0.4) is 0 Å². The monoisotopic (exact) mass is 492 g/mol. The van der Waals surface area contributed by atoms with Crippen LogP contribution in [0.5, 0.6) is 28.7 Å². The maximum atomic E-state index is 13.0. The fraction of sp³-hybridized carbons (Fsp3) is 0.348. The lowest BCUT2D eigenvalue weighted by Crippen LogP contribution is -2.55. The second kappa shape index (κ2) is 9.24. The van der Waals surface area contributed by atoms with Gasteiger partial charge in [0, 0.05) is 17.7 Å². The summed E-state index contributed by atoms with van der Waals surface area (Å²) in [4.78, 5) is 13.0. The molecule has 35 heavy (non-hydrogen) atoms. The Labute approximate surface area is 197 Å². The second-order valence-corrected chi connectivity index (χ2v) is 7.98. The van der Waals surface area contributed by atoms with Gasteiger partial charge in [-0.1, -0.05) is 0 Å². The first-order valence-corrected chi connectivity index (χ1v) is 10.4. The standard InChI is InChI=1S/C23H24O12/c1-32-13-3-8(4-14(33-2)18(13)27)11-5-9(25)16-12(34-11)6-10(26)17(20(16)29)23-22(31)21(30)19(28)15(7-24)35-23/h3-6,15,19,21-24,26-31H,7H2,1-2H3/t15-,19-,21+,22-,23?/m1/s1. The van der Waals surface area contributed by atoms with Crippen molar-refractivity contribution in [2.45, 2.75) is 30.5 Å². The fourth-order valence-electron chi connectivity index (χ4n) is 4.10. The summed E-state index contributed by atoms with van der Waals surface area (Å²) >= 11 is 0. The van der Waals surface area contributed by atoms with Crippen molar-refractivity contribution in [2.24, 2.45) is 0 Å². The lowest BCUT2D eigenvalue weighted by Gasteiger charge is -2.40. The Morgan fingerprint density at radius 3 is 2.09 bits per heavy atom. The topological polar surface area (TPSA) is 200 Å². The van der Waals surface area contributed by atoms with Crippen LogP contribution in [0.15, 0.2) is 33.5 Å². The van der Waals surface area contributed by atoms with Crippen LogP contribution in [0.4, 0.5) is 0 Å². The third kappa shape index (κ3) is 4.00. The van der Waals surface area contributed by atoms with Crippen LogP contribution in [0.1, 0.15) is 11.7 Å². The van der Waals surface area contributed by atoms with Crippen LogP contribution in [0.25, 0.3) is 22.3 Å². The number of fused-ring (bicyclic) bond motifs is 1. The molecule has 1 fully saturated rings. The molecule has 1 aliphatic heterocycles. The summed E-state index contributed by atoms with van der Waals surface area (Å²) in [5, 5.41) is 71.1. The van der Waals surface area contributed by atoms with Crippen molar-refractivity contribution < 1.29 is 54.4 Å². The van der Waals surface area contributed by atoms with Crippen LogP contribution < -0.4 is 14.9 Å². The summed E-state index contributed by atoms with van der Waals surface area (Å²) in [6, 6.07) is 4.86. The molecule has 0 radical (unpaired) electrons. The Morgan fingerprint density at radius 2 is 1.51 bits per heavy atom. The van der Waals surface area contributed by atoms with Gasteiger partial charge in [0.15, 0.2) is 16.9 Å². The molecule has 0 amide bonds. The first-order chi connectivity index (χ1) is 16.6. The molecule has 1 saturated heterocycles. The van der Waals surface area contributed by atoms with Gasteiger partial charge in [-0.2, -0.15) is 0 Å². The quantitative estimate of drug-likeness (QED) is 0.254. The number of aromatic hydroxyl groups is 3. The van der Waals surface area contributed by atoms with E-state index in [1.54, 1.807) is 0 Å². The highest BCUT2D eigenvalue weighted by Crippen LogP contribution is 2.45. The van der Waals surface area contributed by atoms with Crippen molar-refractivity contribution in [2.75, 3.05) is 20.8 Å². The van der Waals surface area contributed by atoms with Crippen LogP contribution in [0.2, 0.25) is 0 Å². The predicted octanol–water partition coefficient (Wildman–Crippen LogP) is 0.109. The Balaban J connectivity index is 1.87. The molecule has 2 aromatic carbocycles. The van der Waals surface area contributed by atoms with Gasteiger partial charge in [-0.05, 0) is 12.1 Å². The molecule has 3 aromatic rings. The number of hydrogen-bond acceptors (Lipinski definition) is 12. The Bertz CT molecular complexity index is 1290. The van der Waals surface area contributed by atoms with E-state index in [4.69, 9.17) is 18.6 Å². The highest BCUT2D eigenvalue weighted by Gasteiger charge is 2.46. The molecule has 2 heterocycles. The van der Waals surface area contributed by atoms with Gasteiger partial charge in [-0.3, -0.25) is 4.79 Å². The summed E-state index contributed by atoms with van der Waals surface area (Å²) in [5.74, 6) is -1.58. The van der Waals surface area contributed by atoms with Crippen LogP contribution in [-0.4, -0.2) is 81.0 Å². The minimum Gasteiger partial charge on any atom is -0.507 e. The highest BCUT2D eigenvalue weighted by atomic mass is 16.5. The molecular formula is C23H24O12. The van der Waals surface area contributed by atoms with Crippen molar-refractivity contribution in [3.63, 3.8) is 0 Å². The van der Waals surface area contributed by atoms with E-state index in [0.717, 1.165) is 12.1 Å². The summed E-state index contributed by atoms with van der Waals surface area (Å²) < 4.78 is 21.4. The maximum Gasteiger partial charge on any atom is 0.200 e. The van der Waals surface area contributed by atoms with Gasteiger partial charge in [-0.25, -0.2) is 0 Å². The molecule has 1 unspecified atom stereocenters. The van der Waals surface area contributed by atoms with Crippen molar-refractivity contribution in [3.05, 3.63) is 40.1 Å². The third-order valence-electron chi connectivity index (χ3n) is 5.95. The zero-order valence-corrected chi connectivity index (χ0v) is 18.6. The smallest absolute Gasteiger partial charge is 0.200 e. The van der Waals surface area contributed by atoms with Crippen molar-refractivity contribution in [1.82, 2.24) is 0 Å². The molecular weight excluding hydrogens is 468 g/mol. The summed E-state index contributed by atoms with van der Waals surface area (Å²) in [6.45, 7) is -0.721. The van der Waals surface area contributed by atoms with E-state index < -0.39 is 59.6 Å². The summed E-state index contributed by atoms with van der Waals surface area (Å²) in [7, 11) is 2.65. The summed E-state index contributed by atoms with van der Waals surface area (Å²) in [5.41, 5.74) is -1.09. The van der Waals surface area contributed by atoms with Crippen LogP contribution in [-0.2, 0) is 4.74 Å². The van der Waals surface area contributed by atoms with E-state index in [-0.39, 0.29) is 39.5 Å². The van der Waals surface area contributed by atoms with E-state index >= 15 is 0 Å². The van der Waals surface area contributed by atoms with Crippen LogP contribution in [0, 0.1) is 0 Å². The van der Waals surface area contributed by atoms with Crippen LogP contribution >= 0.6 is 0 Å². The minimum atomic E-state index is -1.80. The SMILES string of the molecule is COc1cc(-c2cc(=O)c3c(O)c(C4O[C@H](CO)[C@@H](O)[C@H](O)[C@H]4O)c(O)cc3o2)cc(OC)c1O. The van der Waals surface area contributed by atoms with Gasteiger partial charge in [0.1, 0.15) is 58.7 Å². The van der Waals surface area contributed by atoms with Gasteiger partial charge in [0.25, 0.3) is 0 Å². The molecule has 0 spiro atoms.